The number of aryl methyl sites for hydroxylation is 4. The maximum absolute atomic E-state index is 12.9. The second-order valence-corrected chi connectivity index (χ2v) is 33.0. The minimum atomic E-state index is -4.99. The first-order valence-corrected chi connectivity index (χ1v) is 45.3. The van der Waals surface area contributed by atoms with Gasteiger partial charge in [-0.25, -0.2) is 79.7 Å². The Labute approximate surface area is 817 Å². The molecule has 8 N–H and O–H groups in total. The van der Waals surface area contributed by atoms with Gasteiger partial charge in [-0.2, -0.15) is 52.6 Å². The van der Waals surface area contributed by atoms with E-state index in [4.69, 9.17) is 79.0 Å². The molecule has 0 radical (unpaired) electrons. The van der Waals surface area contributed by atoms with Crippen LogP contribution >= 0.6 is 63.7 Å². The van der Waals surface area contributed by atoms with Gasteiger partial charge in [-0.3, -0.25) is 18.9 Å². The van der Waals surface area contributed by atoms with Crippen molar-refractivity contribution < 1.29 is 113 Å². The standard InChI is InChI=1S/4C20H23BrN6O4S/c4*1-3-8-26-32(28,29)27-18-17(15-4-6-16(21)7-5-15)19(25-13-24-18)30-9-10-31-20-22-11-14(2)12-23-20/h4*4-7,11-13,26H,3,8-10H2,1-2H3,(H,24,25,27)/i3D2,4D,5D,6D,7D,8D2,9D2;4D,5D,6D,7D,8D2,9D2;4D,5D,6D,7D,10D2;4D,5D,6D,7D,9D2. The molecule has 0 saturated carbocycles. The number of nitrogens with one attached hydrogen (secondary N) is 8. The van der Waals surface area contributed by atoms with Crippen LogP contribution in [0.25, 0.3) is 44.5 Å². The Morgan fingerprint density at radius 3 is 0.789 bits per heavy atom. The number of anilines is 4. The van der Waals surface area contributed by atoms with E-state index in [1.54, 1.807) is 46.3 Å². The summed E-state index contributed by atoms with van der Waals surface area (Å²) in [7, 11) is -18.0. The molecule has 0 bridgehead atoms. The number of hydrogen-bond donors (Lipinski definition) is 8. The molecule has 0 unspecified atom stereocenters. The molecule has 0 fully saturated rings. The zero-order chi connectivity index (χ0) is 118. The number of hydrogen-bond acceptors (Lipinski definition) is 32. The van der Waals surface area contributed by atoms with E-state index in [1.165, 1.54) is 61.2 Å². The molecule has 0 atom stereocenters. The second-order valence-electron chi connectivity index (χ2n) is 24.0. The van der Waals surface area contributed by atoms with E-state index in [1.807, 2.05) is 9.44 Å². The quantitative estimate of drug-likeness (QED) is 0.0176. The highest BCUT2D eigenvalue weighted by atomic mass is 79.9. The van der Waals surface area contributed by atoms with Crippen LogP contribution in [0.4, 0.5) is 23.3 Å². The molecule has 0 saturated heterocycles. The Balaban J connectivity index is 0.000000233. The van der Waals surface area contributed by atoms with Crippen molar-refractivity contribution in [1.82, 2.24) is 98.6 Å². The number of ether oxygens (including phenoxy) is 8. The number of rotatable bonds is 44. The summed E-state index contributed by atoms with van der Waals surface area (Å²) in [4.78, 5) is 62.2. The van der Waals surface area contributed by atoms with Crippen LogP contribution in [0.1, 0.15) is 117 Å². The molecule has 128 heavy (non-hydrogen) atoms. The molecule has 48 heteroatoms. The van der Waals surface area contributed by atoms with E-state index in [0.29, 0.717) is 18.4 Å². The summed E-state index contributed by atoms with van der Waals surface area (Å²) in [5.41, 5.74) is -0.836. The Morgan fingerprint density at radius 1 is 0.297 bits per heavy atom. The summed E-state index contributed by atoms with van der Waals surface area (Å²) >= 11 is 12.0. The molecule has 0 aliphatic rings. The van der Waals surface area contributed by atoms with Gasteiger partial charge in [0.2, 0.25) is 23.5 Å². The predicted octanol–water partition coefficient (Wildman–Crippen LogP) is 12.5. The highest BCUT2D eigenvalue weighted by Crippen LogP contribution is 2.39. The van der Waals surface area contributed by atoms with Crippen molar-refractivity contribution in [2.24, 2.45) is 0 Å². The molecule has 0 aliphatic carbocycles. The molecule has 12 aromatic rings. The van der Waals surface area contributed by atoms with Crippen molar-refractivity contribution in [3.05, 3.63) is 212 Å². The molecule has 0 amide bonds. The average Bonchev–Trinajstić information content (AvgIpc) is 0.767. The predicted molar refractivity (Wildman–Crippen MR) is 495 cm³/mol. The molecule has 4 aromatic carbocycles. The van der Waals surface area contributed by atoms with Crippen LogP contribution in [-0.4, -0.2) is 192 Å². The van der Waals surface area contributed by atoms with E-state index >= 15 is 0 Å². The lowest BCUT2D eigenvalue weighted by atomic mass is 10.1. The van der Waals surface area contributed by atoms with Crippen molar-refractivity contribution >= 4 is 128 Å². The Bertz CT molecular complexity index is 7650. The van der Waals surface area contributed by atoms with Gasteiger partial charge in [0, 0.05) is 102 Å². The van der Waals surface area contributed by atoms with Crippen LogP contribution in [0.2, 0.25) is 0 Å². The second kappa shape index (κ2) is 51.0. The molecule has 0 spiro atoms. The maximum Gasteiger partial charge on any atom is 0.316 e. The molecule has 0 aliphatic heterocycles. The van der Waals surface area contributed by atoms with Crippen LogP contribution in [0.3, 0.4) is 0 Å². The third-order valence-corrected chi connectivity index (χ3v) is 19.5. The summed E-state index contributed by atoms with van der Waals surface area (Å²) in [5, 5.41) is 0. The van der Waals surface area contributed by atoms with Gasteiger partial charge < -0.3 is 37.9 Å². The SMILES string of the molecule is [2H]c1c([2H])c(-c2c(NS(=O)(=O)NC([2H])([2H])C([2H])([2H])C)ncnc2OC([2H])([2H])COc2ncc(C)cn2)c([2H])c([2H])c1Br.[2H]c1c([2H])c(-c2c(NS(=O)(=O)NC([2H])([2H])CC)ncnc2OC([2H])([2H])COc2ncc(C)cn2)c([2H])c([2H])c1Br.[2H]c1c([2H])c(-c2c(NS(=O)(=O)NCCC)ncnc2OC([2H])([2H])COc2ncc(C)cn2)c([2H])c([2H])c1Br.[2H]c1c([2H])c(-c2c(NS(=O)(=O)NCCC)ncnc2OCC([2H])([2H])Oc2ncc(C)cn2)c([2H])c([2H])c1Br. The van der Waals surface area contributed by atoms with Gasteiger partial charge in [-0.15, -0.1) is 0 Å². The van der Waals surface area contributed by atoms with E-state index in [-0.39, 0.29) is 72.6 Å². The van der Waals surface area contributed by atoms with E-state index in [9.17, 15) is 33.7 Å². The number of nitrogens with zero attached hydrogens (tertiary/aromatic N) is 16. The smallest absolute Gasteiger partial charge is 0.316 e. The van der Waals surface area contributed by atoms with Crippen LogP contribution in [0.5, 0.6) is 47.6 Å². The van der Waals surface area contributed by atoms with Crippen LogP contribution in [-0.2, 0) is 40.8 Å². The summed E-state index contributed by atoms with van der Waals surface area (Å²) in [6, 6.07) is -9.63. The Kier molecular flexibility index (Phi) is 26.0. The topological polar surface area (TPSA) is 513 Å². The first kappa shape index (κ1) is 65.3. The molecule has 680 valence electrons. The monoisotopic (exact) mass is 2120 g/mol. The van der Waals surface area contributed by atoms with Gasteiger partial charge in [0.25, 0.3) is 40.8 Å². The summed E-state index contributed by atoms with van der Waals surface area (Å²) in [6.07, 6.45) is 13.0. The van der Waals surface area contributed by atoms with Gasteiger partial charge in [-0.1, -0.05) is 140 Å². The summed E-state index contributed by atoms with van der Waals surface area (Å²) in [5.74, 6) is -4.65. The normalized spacial score (nSPS) is 15.4. The molecule has 8 heterocycles. The van der Waals surface area contributed by atoms with Crippen molar-refractivity contribution in [3.63, 3.8) is 0 Å². The average molecular weight is 2120 g/mol. The highest BCUT2D eigenvalue weighted by molar-refractivity contribution is 9.11. The molecular weight excluding hydrogens is 2000 g/mol. The fraction of sp³-hybridized carbons (Fsp3) is 0.300. The van der Waals surface area contributed by atoms with E-state index in [2.05, 4.69) is 162 Å². The minimum absolute atomic E-state index is 0.0967. The number of benzene rings is 4. The molecule has 8 aromatic heterocycles. The van der Waals surface area contributed by atoms with Gasteiger partial charge in [0.05, 0.1) is 55.2 Å². The Morgan fingerprint density at radius 2 is 0.531 bits per heavy atom. The lowest BCUT2D eigenvalue weighted by Gasteiger charge is -2.15. The lowest BCUT2D eigenvalue weighted by molar-refractivity contribution is 0.202. The van der Waals surface area contributed by atoms with Crippen molar-refractivity contribution in [2.45, 2.75) is 81.0 Å². The zero-order valence-electron chi connectivity index (χ0n) is 97.6. The van der Waals surface area contributed by atoms with Gasteiger partial charge in [0.1, 0.15) is 78.0 Å². The summed E-state index contributed by atoms with van der Waals surface area (Å²) in [6.45, 7) is -6.16. The van der Waals surface area contributed by atoms with Crippen LogP contribution < -0.4 is 75.7 Å². The fourth-order valence-electron chi connectivity index (χ4n) is 8.68. The van der Waals surface area contributed by atoms with Gasteiger partial charge >= 0.3 is 24.0 Å². The minimum Gasteiger partial charge on any atom is -0.473 e. The first-order chi connectivity index (χ1) is 73.1. The van der Waals surface area contributed by atoms with E-state index < -0.39 is 290 Å². The Hall–Kier alpha value is -11.3. The number of aromatic nitrogens is 16. The van der Waals surface area contributed by atoms with Gasteiger partial charge in [-0.05, 0) is 146 Å². The van der Waals surface area contributed by atoms with E-state index in [0.717, 1.165) is 48.9 Å². The van der Waals surface area contributed by atoms with Crippen molar-refractivity contribution in [2.75, 3.05) is 97.6 Å². The van der Waals surface area contributed by atoms with Crippen LogP contribution in [0.15, 0.2) is 189 Å². The van der Waals surface area contributed by atoms with Crippen molar-refractivity contribution in [3.8, 4) is 92.1 Å². The highest BCUT2D eigenvalue weighted by Gasteiger charge is 2.26. The van der Waals surface area contributed by atoms with Gasteiger partial charge in [0.15, 0.2) is 23.3 Å². The van der Waals surface area contributed by atoms with Crippen molar-refractivity contribution in [1.29, 1.82) is 0 Å². The first-order valence-electron chi connectivity index (χ1n) is 51.2. The molecule has 12 rings (SSSR count). The van der Waals surface area contributed by atoms with Crippen LogP contribution in [0, 0.1) is 27.7 Å². The zero-order valence-corrected chi connectivity index (χ0v) is 77.2. The summed E-state index contributed by atoms with van der Waals surface area (Å²) < 4.78 is 404. The third kappa shape index (κ3) is 34.0. The number of halogens is 4. The largest absolute Gasteiger partial charge is 0.473 e. The fourth-order valence-corrected chi connectivity index (χ4v) is 12.9. The lowest BCUT2D eigenvalue weighted by Crippen LogP contribution is -2.31. The molecule has 40 nitrogen and oxygen atoms in total. The molecular formula is C80H92Br4N24O16S4. The third-order valence-electron chi connectivity index (χ3n) is 14.1. The maximum atomic E-state index is 12.9.